The summed E-state index contributed by atoms with van der Waals surface area (Å²) >= 11 is 0. The molecule has 74 valence electrons. The van der Waals surface area contributed by atoms with E-state index < -0.39 is 24.4 Å². The number of aliphatic hydroxyl groups is 4. The topological polar surface area (TPSA) is 129 Å². The number of aliphatic hydroxyl groups excluding tert-OH is 4. The molecule has 0 aromatic rings. The van der Waals surface area contributed by atoms with Crippen molar-refractivity contribution in [3.8, 4) is 0 Å². The Balaban J connectivity index is 0. The van der Waals surface area contributed by atoms with Gasteiger partial charge in [0.2, 0.25) is 0 Å². The molecular formula is C6H14O6. The van der Waals surface area contributed by atoms with E-state index in [1.165, 1.54) is 6.92 Å². The first kappa shape index (κ1) is 14.0. The highest BCUT2D eigenvalue weighted by atomic mass is 16.4. The van der Waals surface area contributed by atoms with Crippen LogP contribution in [0.25, 0.3) is 0 Å². The van der Waals surface area contributed by atoms with Crippen LogP contribution in [0.3, 0.4) is 0 Å². The van der Waals surface area contributed by atoms with Gasteiger partial charge in [0.1, 0.15) is 18.3 Å². The van der Waals surface area contributed by atoms with E-state index in [1.54, 1.807) is 0 Å². The first-order valence-electron chi connectivity index (χ1n) is 3.18. The lowest BCUT2D eigenvalue weighted by atomic mass is 10.1. The summed E-state index contributed by atoms with van der Waals surface area (Å²) in [4.78, 5) is 9.87. The molecule has 0 aromatic carbocycles. The summed E-state index contributed by atoms with van der Waals surface area (Å²) in [5.41, 5.74) is 0. The summed E-state index contributed by atoms with van der Waals surface area (Å²) in [6, 6.07) is 0. The van der Waals surface area contributed by atoms with E-state index in [4.69, 9.17) is 20.4 Å². The van der Waals surface area contributed by atoms with E-state index >= 15 is 0 Å². The molecule has 0 fully saturated rings. The van der Waals surface area contributed by atoms with E-state index in [1.807, 2.05) is 0 Å². The van der Waals surface area contributed by atoms with Gasteiger partial charge in [0.25, 0.3) is 0 Å². The highest BCUT2D eigenvalue weighted by Gasteiger charge is 2.27. The van der Waals surface area contributed by atoms with Gasteiger partial charge in [-0.25, -0.2) is 0 Å². The Hall–Kier alpha value is -0.530. The van der Waals surface area contributed by atoms with Crippen LogP contribution in [-0.2, 0) is 4.79 Å². The van der Waals surface area contributed by atoms with E-state index in [0.717, 1.165) is 0 Å². The Morgan fingerprint density at radius 2 is 1.50 bits per heavy atom. The minimum atomic E-state index is -1.65. The Labute approximate surface area is 69.4 Å². The van der Waals surface area contributed by atoms with Crippen molar-refractivity contribution in [2.24, 2.45) is 0 Å². The molecule has 12 heavy (non-hydrogen) atoms. The summed E-state index contributed by atoms with van der Waals surface area (Å²) in [5, 5.41) is 35.1. The molecule has 0 aliphatic carbocycles. The molecule has 6 heteroatoms. The molecule has 0 radical (unpaired) electrons. The van der Waals surface area contributed by atoms with Crippen LogP contribution in [0.1, 0.15) is 6.92 Å². The molecule has 0 spiro atoms. The maximum atomic E-state index is 9.87. The van der Waals surface area contributed by atoms with Crippen LogP contribution in [0.15, 0.2) is 0 Å². The Morgan fingerprint density at radius 1 is 1.08 bits per heavy atom. The molecule has 6 nitrogen and oxygen atoms in total. The number of carbonyl (C=O) groups excluding carboxylic acids is 1. The van der Waals surface area contributed by atoms with Gasteiger partial charge in [-0.1, -0.05) is 0 Å². The molecule has 0 amide bonds. The quantitative estimate of drug-likeness (QED) is 0.341. The third kappa shape index (κ3) is 3.74. The van der Waals surface area contributed by atoms with Gasteiger partial charge >= 0.3 is 0 Å². The highest BCUT2D eigenvalue weighted by molar-refractivity contribution is 5.56. The Bertz CT molecular complexity index is 125. The van der Waals surface area contributed by atoms with Crippen LogP contribution in [0.5, 0.6) is 0 Å². The average molecular weight is 182 g/mol. The van der Waals surface area contributed by atoms with Gasteiger partial charge in [-0.15, -0.1) is 0 Å². The summed E-state index contributed by atoms with van der Waals surface area (Å²) in [6.07, 6.45) is -5.88. The van der Waals surface area contributed by atoms with Gasteiger partial charge < -0.3 is 30.7 Å². The van der Waals surface area contributed by atoms with Crippen molar-refractivity contribution in [3.05, 3.63) is 0 Å². The minimum absolute atomic E-state index is 0. The predicted octanol–water partition coefficient (Wildman–Crippen LogP) is -3.18. The molecular weight excluding hydrogens is 168 g/mol. The van der Waals surface area contributed by atoms with Crippen molar-refractivity contribution in [1.29, 1.82) is 0 Å². The zero-order chi connectivity index (χ0) is 9.02. The molecule has 0 rings (SSSR count). The normalized spacial score (nSPS) is 20.1. The van der Waals surface area contributed by atoms with Crippen LogP contribution in [0.4, 0.5) is 0 Å². The molecule has 0 saturated heterocycles. The lowest BCUT2D eigenvalue weighted by Crippen LogP contribution is -2.43. The summed E-state index contributed by atoms with van der Waals surface area (Å²) in [6.45, 7) is 1.24. The highest BCUT2D eigenvalue weighted by Crippen LogP contribution is 2.02. The van der Waals surface area contributed by atoms with Crippen LogP contribution in [0.2, 0.25) is 0 Å². The SMILES string of the molecule is C[C@H](O)[C@H](O)[C@@H](O)[C@@H](O)C=O.O. The lowest BCUT2D eigenvalue weighted by molar-refractivity contribution is -0.132. The van der Waals surface area contributed by atoms with Crippen molar-refractivity contribution < 1.29 is 30.7 Å². The molecule has 4 atom stereocenters. The maximum absolute atomic E-state index is 9.87. The smallest absolute Gasteiger partial charge is 0.151 e. The minimum Gasteiger partial charge on any atom is -0.412 e. The maximum Gasteiger partial charge on any atom is 0.151 e. The van der Waals surface area contributed by atoms with Crippen molar-refractivity contribution in [3.63, 3.8) is 0 Å². The second-order valence-corrected chi connectivity index (χ2v) is 2.35. The second-order valence-electron chi connectivity index (χ2n) is 2.35. The van der Waals surface area contributed by atoms with Gasteiger partial charge in [-0.2, -0.15) is 0 Å². The summed E-state index contributed by atoms with van der Waals surface area (Å²) < 4.78 is 0. The van der Waals surface area contributed by atoms with Crippen LogP contribution in [-0.4, -0.2) is 56.6 Å². The number of aldehydes is 1. The van der Waals surface area contributed by atoms with E-state index in [-0.39, 0.29) is 11.8 Å². The Kier molecular flexibility index (Phi) is 7.05. The molecule has 0 aromatic heterocycles. The monoisotopic (exact) mass is 182 g/mol. The number of carbonyl (C=O) groups is 1. The van der Waals surface area contributed by atoms with Gasteiger partial charge in [-0.3, -0.25) is 0 Å². The molecule has 0 aliphatic heterocycles. The molecule has 0 heterocycles. The molecule has 0 saturated carbocycles. The van der Waals surface area contributed by atoms with Crippen molar-refractivity contribution in [2.45, 2.75) is 31.3 Å². The third-order valence-corrected chi connectivity index (χ3v) is 1.33. The van der Waals surface area contributed by atoms with Crippen LogP contribution in [0, 0.1) is 0 Å². The average Bonchev–Trinajstić information content (AvgIpc) is 2.00. The predicted molar refractivity (Wildman–Crippen MR) is 39.4 cm³/mol. The molecule has 0 unspecified atom stereocenters. The zero-order valence-electron chi connectivity index (χ0n) is 6.58. The summed E-state index contributed by atoms with van der Waals surface area (Å²) in [5.74, 6) is 0. The third-order valence-electron chi connectivity index (χ3n) is 1.33. The fourth-order valence-corrected chi connectivity index (χ4v) is 0.568. The van der Waals surface area contributed by atoms with E-state index in [2.05, 4.69) is 0 Å². The van der Waals surface area contributed by atoms with Crippen molar-refractivity contribution in [1.82, 2.24) is 0 Å². The Morgan fingerprint density at radius 3 is 1.75 bits per heavy atom. The van der Waals surface area contributed by atoms with Gasteiger partial charge in [-0.05, 0) is 6.92 Å². The molecule has 0 bridgehead atoms. The number of hydrogen-bond acceptors (Lipinski definition) is 5. The fourth-order valence-electron chi connectivity index (χ4n) is 0.568. The zero-order valence-corrected chi connectivity index (χ0v) is 6.58. The second kappa shape index (κ2) is 6.04. The first-order chi connectivity index (χ1) is 5.00. The van der Waals surface area contributed by atoms with Gasteiger partial charge in [0.15, 0.2) is 6.29 Å². The first-order valence-corrected chi connectivity index (χ1v) is 3.18. The van der Waals surface area contributed by atoms with Crippen LogP contribution < -0.4 is 0 Å². The van der Waals surface area contributed by atoms with Gasteiger partial charge in [0.05, 0.1) is 6.10 Å². The van der Waals surface area contributed by atoms with Crippen molar-refractivity contribution in [2.75, 3.05) is 0 Å². The standard InChI is InChI=1S/C6H12O5.H2O/c1-3(8)5(10)6(11)4(9)2-7;/h2-6,8-11H,1H3;1H2/t3-,4-,5-,6-;/m0./s1. The van der Waals surface area contributed by atoms with Crippen LogP contribution >= 0.6 is 0 Å². The number of hydrogen-bond donors (Lipinski definition) is 4. The van der Waals surface area contributed by atoms with E-state index in [0.29, 0.717) is 0 Å². The molecule has 0 aliphatic rings. The molecule has 6 N–H and O–H groups in total. The fraction of sp³-hybridized carbons (Fsp3) is 0.833. The lowest BCUT2D eigenvalue weighted by Gasteiger charge is -2.21. The largest absolute Gasteiger partial charge is 0.412 e. The van der Waals surface area contributed by atoms with Crippen molar-refractivity contribution >= 4 is 6.29 Å². The van der Waals surface area contributed by atoms with E-state index in [9.17, 15) is 4.79 Å². The summed E-state index contributed by atoms with van der Waals surface area (Å²) in [7, 11) is 0. The van der Waals surface area contributed by atoms with Gasteiger partial charge in [0, 0.05) is 0 Å². The number of rotatable bonds is 4.